The van der Waals surface area contributed by atoms with Crippen molar-refractivity contribution >= 4 is 23.5 Å². The molecule has 160 valence electrons. The second-order valence-electron chi connectivity index (χ2n) is 6.35. The van der Waals surface area contributed by atoms with Gasteiger partial charge >= 0.3 is 5.97 Å². The summed E-state index contributed by atoms with van der Waals surface area (Å²) in [5, 5.41) is 5.18. The smallest absolute Gasteiger partial charge is 0.310 e. The van der Waals surface area contributed by atoms with Gasteiger partial charge in [-0.1, -0.05) is 31.2 Å². The number of para-hydroxylation sites is 1. The Bertz CT molecular complexity index is 897. The summed E-state index contributed by atoms with van der Waals surface area (Å²) in [5.74, 6) is -0.430. The molecule has 30 heavy (non-hydrogen) atoms. The topological polar surface area (TPSA) is 103 Å². The molecule has 0 spiro atoms. The van der Waals surface area contributed by atoms with E-state index in [9.17, 15) is 14.4 Å². The minimum Gasteiger partial charge on any atom is -0.497 e. The number of hydrogen-bond donors (Lipinski definition) is 2. The molecule has 0 saturated heterocycles. The molecule has 0 aliphatic heterocycles. The van der Waals surface area contributed by atoms with Gasteiger partial charge in [0.15, 0.2) is 6.61 Å². The summed E-state index contributed by atoms with van der Waals surface area (Å²) in [5.41, 5.74) is 2.32. The van der Waals surface area contributed by atoms with Crippen molar-refractivity contribution in [2.45, 2.75) is 19.8 Å². The van der Waals surface area contributed by atoms with Crippen molar-refractivity contribution in [2.24, 2.45) is 0 Å². The molecule has 2 aromatic carbocycles. The third kappa shape index (κ3) is 6.80. The van der Waals surface area contributed by atoms with Gasteiger partial charge in [-0.15, -0.1) is 0 Å². The summed E-state index contributed by atoms with van der Waals surface area (Å²) in [4.78, 5) is 35.9. The first kappa shape index (κ1) is 22.7. The maximum absolute atomic E-state index is 12.0. The Morgan fingerprint density at radius 2 is 1.70 bits per heavy atom. The maximum atomic E-state index is 12.0. The van der Waals surface area contributed by atoms with Crippen LogP contribution in [-0.2, 0) is 32.0 Å². The van der Waals surface area contributed by atoms with Crippen molar-refractivity contribution in [3.8, 4) is 11.5 Å². The fourth-order valence-electron chi connectivity index (χ4n) is 2.73. The summed E-state index contributed by atoms with van der Waals surface area (Å²) in [6.45, 7) is 1.29. The highest BCUT2D eigenvalue weighted by molar-refractivity contribution is 5.95. The molecule has 8 heteroatoms. The molecular formula is C22H26N2O6. The molecule has 0 aliphatic rings. The van der Waals surface area contributed by atoms with E-state index in [1.807, 2.05) is 25.1 Å². The van der Waals surface area contributed by atoms with Crippen LogP contribution in [0.5, 0.6) is 11.5 Å². The minimum absolute atomic E-state index is 0.0608. The Morgan fingerprint density at radius 3 is 2.40 bits per heavy atom. The molecule has 0 bridgehead atoms. The molecule has 0 radical (unpaired) electrons. The number of carbonyl (C=O) groups excluding carboxylic acids is 3. The molecule has 2 amide bonds. The van der Waals surface area contributed by atoms with Gasteiger partial charge in [0.05, 0.1) is 27.2 Å². The highest BCUT2D eigenvalue weighted by atomic mass is 16.5. The largest absolute Gasteiger partial charge is 0.497 e. The number of methoxy groups -OCH3 is 2. The van der Waals surface area contributed by atoms with E-state index < -0.39 is 18.5 Å². The van der Waals surface area contributed by atoms with Crippen LogP contribution in [0, 0.1) is 0 Å². The lowest BCUT2D eigenvalue weighted by Crippen LogP contribution is -2.35. The lowest BCUT2D eigenvalue weighted by atomic mass is 10.1. The number of esters is 1. The van der Waals surface area contributed by atoms with Crippen LogP contribution in [0.2, 0.25) is 0 Å². The molecule has 2 N–H and O–H groups in total. The molecule has 0 unspecified atom stereocenters. The van der Waals surface area contributed by atoms with Gasteiger partial charge in [-0.25, -0.2) is 0 Å². The Morgan fingerprint density at radius 1 is 0.933 bits per heavy atom. The predicted molar refractivity (Wildman–Crippen MR) is 112 cm³/mol. The summed E-state index contributed by atoms with van der Waals surface area (Å²) in [7, 11) is 3.02. The molecule has 0 aliphatic carbocycles. The molecule has 2 aromatic rings. The van der Waals surface area contributed by atoms with Crippen LogP contribution in [-0.4, -0.2) is 45.2 Å². The van der Waals surface area contributed by atoms with Crippen molar-refractivity contribution in [3.63, 3.8) is 0 Å². The van der Waals surface area contributed by atoms with E-state index in [0.717, 1.165) is 12.0 Å². The number of anilines is 1. The molecule has 2 rings (SSSR count). The maximum Gasteiger partial charge on any atom is 0.310 e. The van der Waals surface area contributed by atoms with Gasteiger partial charge in [0.1, 0.15) is 11.5 Å². The molecule has 8 nitrogen and oxygen atoms in total. The van der Waals surface area contributed by atoms with E-state index in [1.54, 1.807) is 24.3 Å². The zero-order chi connectivity index (χ0) is 21.9. The quantitative estimate of drug-likeness (QED) is 0.577. The monoisotopic (exact) mass is 414 g/mol. The van der Waals surface area contributed by atoms with Crippen LogP contribution in [0.25, 0.3) is 0 Å². The fourth-order valence-corrected chi connectivity index (χ4v) is 2.73. The lowest BCUT2D eigenvalue weighted by molar-refractivity contribution is -0.147. The van der Waals surface area contributed by atoms with Crippen LogP contribution < -0.4 is 20.1 Å². The second kappa shape index (κ2) is 11.5. The molecule has 0 aromatic heterocycles. The third-order valence-electron chi connectivity index (χ3n) is 4.31. The summed E-state index contributed by atoms with van der Waals surface area (Å²) in [6.07, 6.45) is 0.715. The highest BCUT2D eigenvalue weighted by Crippen LogP contribution is 2.25. The Kier molecular flexibility index (Phi) is 8.68. The van der Waals surface area contributed by atoms with E-state index in [1.165, 1.54) is 14.2 Å². The van der Waals surface area contributed by atoms with Crippen molar-refractivity contribution in [1.29, 1.82) is 0 Å². The Labute approximate surface area is 175 Å². The Balaban J connectivity index is 1.76. The number of ether oxygens (including phenoxy) is 3. The standard InChI is InChI=1S/C22H26N2O6/c1-4-15-7-5-6-8-18(15)24-20(25)13-23-21(26)14-30-22(27)11-16-9-10-17(28-2)12-19(16)29-3/h5-10,12H,4,11,13-14H2,1-3H3,(H,23,26)(H,24,25). The summed E-state index contributed by atoms with van der Waals surface area (Å²) in [6, 6.07) is 12.5. The highest BCUT2D eigenvalue weighted by Gasteiger charge is 2.14. The average molecular weight is 414 g/mol. The SMILES string of the molecule is CCc1ccccc1NC(=O)CNC(=O)COC(=O)Cc1ccc(OC)cc1OC. The molecule has 0 saturated carbocycles. The van der Waals surface area contributed by atoms with E-state index in [0.29, 0.717) is 22.7 Å². The molecule has 0 atom stereocenters. The van der Waals surface area contributed by atoms with Crippen molar-refractivity contribution < 1.29 is 28.6 Å². The van der Waals surface area contributed by atoms with E-state index in [-0.39, 0.29) is 18.9 Å². The van der Waals surface area contributed by atoms with Crippen LogP contribution in [0.3, 0.4) is 0 Å². The second-order valence-corrected chi connectivity index (χ2v) is 6.35. The van der Waals surface area contributed by atoms with Crippen LogP contribution in [0.1, 0.15) is 18.1 Å². The number of carbonyl (C=O) groups is 3. The van der Waals surface area contributed by atoms with Gasteiger partial charge in [0, 0.05) is 17.3 Å². The van der Waals surface area contributed by atoms with Crippen LogP contribution in [0.15, 0.2) is 42.5 Å². The first-order chi connectivity index (χ1) is 14.5. The van der Waals surface area contributed by atoms with Gasteiger partial charge < -0.3 is 24.8 Å². The third-order valence-corrected chi connectivity index (χ3v) is 4.31. The summed E-state index contributed by atoms with van der Waals surface area (Å²) < 4.78 is 15.3. The van der Waals surface area contributed by atoms with E-state index in [2.05, 4.69) is 10.6 Å². The zero-order valence-corrected chi connectivity index (χ0v) is 17.3. The fraction of sp³-hybridized carbons (Fsp3) is 0.318. The van der Waals surface area contributed by atoms with Gasteiger partial charge in [-0.3, -0.25) is 14.4 Å². The predicted octanol–water partition coefficient (Wildman–Crippen LogP) is 2.11. The summed E-state index contributed by atoms with van der Waals surface area (Å²) >= 11 is 0. The van der Waals surface area contributed by atoms with E-state index >= 15 is 0 Å². The van der Waals surface area contributed by atoms with Gasteiger partial charge in [0.25, 0.3) is 5.91 Å². The number of aryl methyl sites for hydroxylation is 1. The number of rotatable bonds is 10. The average Bonchev–Trinajstić information content (AvgIpc) is 2.76. The van der Waals surface area contributed by atoms with Gasteiger partial charge in [0.2, 0.25) is 5.91 Å². The first-order valence-electron chi connectivity index (χ1n) is 9.47. The molecule has 0 heterocycles. The number of hydrogen-bond acceptors (Lipinski definition) is 6. The van der Waals surface area contributed by atoms with Crippen LogP contribution >= 0.6 is 0 Å². The first-order valence-corrected chi connectivity index (χ1v) is 9.47. The van der Waals surface area contributed by atoms with Crippen molar-refractivity contribution in [2.75, 3.05) is 32.7 Å². The minimum atomic E-state index is -0.588. The molecule has 0 fully saturated rings. The zero-order valence-electron chi connectivity index (χ0n) is 17.3. The Hall–Kier alpha value is -3.55. The van der Waals surface area contributed by atoms with Gasteiger partial charge in [-0.2, -0.15) is 0 Å². The van der Waals surface area contributed by atoms with Gasteiger partial charge in [-0.05, 0) is 24.1 Å². The number of amides is 2. The van der Waals surface area contributed by atoms with Crippen molar-refractivity contribution in [1.82, 2.24) is 5.32 Å². The lowest BCUT2D eigenvalue weighted by Gasteiger charge is -2.11. The molecular weight excluding hydrogens is 388 g/mol. The number of benzene rings is 2. The van der Waals surface area contributed by atoms with Crippen molar-refractivity contribution in [3.05, 3.63) is 53.6 Å². The number of nitrogens with one attached hydrogen (secondary N) is 2. The normalized spacial score (nSPS) is 10.1. The van der Waals surface area contributed by atoms with E-state index in [4.69, 9.17) is 14.2 Å². The van der Waals surface area contributed by atoms with Crippen LogP contribution in [0.4, 0.5) is 5.69 Å².